The molecule has 2 atom stereocenters. The molecule has 0 radical (unpaired) electrons. The molecule has 2 fully saturated rings. The van der Waals surface area contributed by atoms with E-state index in [1.54, 1.807) is 11.0 Å². The summed E-state index contributed by atoms with van der Waals surface area (Å²) in [7, 11) is 0. The number of rotatable bonds is 2. The van der Waals surface area contributed by atoms with Gasteiger partial charge >= 0.3 is 6.18 Å². The number of halogens is 4. The Morgan fingerprint density at radius 2 is 1.70 bits per heavy atom. The van der Waals surface area contributed by atoms with E-state index in [9.17, 15) is 13.2 Å². The molecular weight excluding hydrogens is 379 g/mol. The first-order valence-electron chi connectivity index (χ1n) is 8.44. The molecule has 4 heterocycles. The minimum absolute atomic E-state index is 0.000445. The monoisotopic (exact) mass is 393 g/mol. The lowest BCUT2D eigenvalue weighted by Crippen LogP contribution is -2.31. The maximum Gasteiger partial charge on any atom is 0.419 e. The lowest BCUT2D eigenvalue weighted by molar-refractivity contribution is -0.137. The van der Waals surface area contributed by atoms with Crippen LogP contribution < -0.4 is 9.80 Å². The first kappa shape index (κ1) is 17.9. The Kier molecular flexibility index (Phi) is 4.35. The number of anilines is 2. The van der Waals surface area contributed by atoms with Crippen molar-refractivity contribution in [3.63, 3.8) is 0 Å². The van der Waals surface area contributed by atoms with Gasteiger partial charge in [-0.25, -0.2) is 9.97 Å². The molecule has 2 aromatic heterocycles. The van der Waals surface area contributed by atoms with Crippen LogP contribution >= 0.6 is 11.6 Å². The first-order valence-corrected chi connectivity index (χ1v) is 8.82. The summed E-state index contributed by atoms with van der Waals surface area (Å²) in [6.07, 6.45) is -1.55. The Morgan fingerprint density at radius 1 is 1.07 bits per heavy atom. The van der Waals surface area contributed by atoms with E-state index in [0.717, 1.165) is 6.07 Å². The number of alkyl halides is 3. The molecular formula is C18H15ClF3N5. The maximum absolute atomic E-state index is 13.3. The van der Waals surface area contributed by atoms with Gasteiger partial charge in [-0.15, -0.1) is 0 Å². The van der Waals surface area contributed by atoms with Gasteiger partial charge in [0.2, 0.25) is 0 Å². The number of nitrogens with zero attached hydrogens (tertiary/aromatic N) is 5. The van der Waals surface area contributed by atoms with Crippen LogP contribution in [-0.2, 0) is 6.18 Å². The largest absolute Gasteiger partial charge is 0.419 e. The molecule has 0 spiro atoms. The number of hydrogen-bond acceptors (Lipinski definition) is 5. The average Bonchev–Trinajstić information content (AvgIpc) is 3.19. The molecule has 9 heteroatoms. The number of aromatic nitrogens is 2. The van der Waals surface area contributed by atoms with E-state index in [1.165, 1.54) is 18.5 Å². The highest BCUT2D eigenvalue weighted by molar-refractivity contribution is 6.33. The van der Waals surface area contributed by atoms with Crippen molar-refractivity contribution in [3.05, 3.63) is 46.7 Å². The number of hydrogen-bond donors (Lipinski definition) is 0. The number of nitriles is 1. The molecule has 4 rings (SSSR count). The van der Waals surface area contributed by atoms with Gasteiger partial charge in [-0.1, -0.05) is 11.6 Å². The van der Waals surface area contributed by atoms with Crippen LogP contribution in [-0.4, -0.2) is 36.1 Å². The van der Waals surface area contributed by atoms with E-state index in [-0.39, 0.29) is 17.7 Å². The van der Waals surface area contributed by atoms with Crippen molar-refractivity contribution in [1.82, 2.24) is 9.97 Å². The van der Waals surface area contributed by atoms with Gasteiger partial charge in [0.05, 0.1) is 16.1 Å². The van der Waals surface area contributed by atoms with Crippen molar-refractivity contribution in [1.29, 1.82) is 5.26 Å². The van der Waals surface area contributed by atoms with E-state index >= 15 is 0 Å². The van der Waals surface area contributed by atoms with Gasteiger partial charge in [-0.3, -0.25) is 0 Å². The fourth-order valence-corrected chi connectivity index (χ4v) is 4.22. The summed E-state index contributed by atoms with van der Waals surface area (Å²) in [5.41, 5.74) is -0.303. The molecule has 2 unspecified atom stereocenters. The zero-order valence-corrected chi connectivity index (χ0v) is 14.9. The summed E-state index contributed by atoms with van der Waals surface area (Å²) in [5.74, 6) is 1.04. The van der Waals surface area contributed by atoms with Crippen LogP contribution in [0.2, 0.25) is 5.02 Å². The van der Waals surface area contributed by atoms with Crippen LogP contribution in [0.1, 0.15) is 11.1 Å². The molecule has 2 saturated heterocycles. The third-order valence-electron chi connectivity index (χ3n) is 5.13. The molecule has 0 N–H and O–H groups in total. The maximum atomic E-state index is 13.3. The summed E-state index contributed by atoms with van der Waals surface area (Å²) in [6, 6.07) is 5.95. The lowest BCUT2D eigenvalue weighted by Gasteiger charge is -2.25. The van der Waals surface area contributed by atoms with Crippen molar-refractivity contribution in [2.45, 2.75) is 6.18 Å². The summed E-state index contributed by atoms with van der Waals surface area (Å²) < 4.78 is 39.8. The van der Waals surface area contributed by atoms with E-state index in [1.807, 2.05) is 11.0 Å². The topological polar surface area (TPSA) is 56.1 Å². The highest BCUT2D eigenvalue weighted by Gasteiger charge is 2.44. The van der Waals surface area contributed by atoms with Crippen molar-refractivity contribution < 1.29 is 13.2 Å². The second kappa shape index (κ2) is 6.57. The fraction of sp³-hybridized carbons (Fsp3) is 0.389. The first-order chi connectivity index (χ1) is 12.9. The van der Waals surface area contributed by atoms with Gasteiger partial charge < -0.3 is 9.80 Å². The Labute approximate surface area is 159 Å². The van der Waals surface area contributed by atoms with Gasteiger partial charge in [-0.2, -0.15) is 18.4 Å². The van der Waals surface area contributed by atoms with Crippen LogP contribution in [0.15, 0.2) is 30.6 Å². The normalized spacial score (nSPS) is 22.0. The summed E-state index contributed by atoms with van der Waals surface area (Å²) in [4.78, 5) is 12.0. The average molecular weight is 394 g/mol. The molecule has 2 aromatic rings. The zero-order valence-electron chi connectivity index (χ0n) is 14.1. The fourth-order valence-electron chi connectivity index (χ4n) is 3.93. The van der Waals surface area contributed by atoms with Crippen molar-refractivity contribution in [2.24, 2.45) is 11.8 Å². The molecule has 2 aliphatic rings. The third kappa shape index (κ3) is 3.28. The van der Waals surface area contributed by atoms with E-state index in [4.69, 9.17) is 16.9 Å². The molecule has 0 aliphatic carbocycles. The Hall–Kier alpha value is -2.53. The van der Waals surface area contributed by atoms with Crippen LogP contribution in [0.4, 0.5) is 24.8 Å². The quantitative estimate of drug-likeness (QED) is 0.780. The van der Waals surface area contributed by atoms with Gasteiger partial charge in [-0.05, 0) is 18.2 Å². The second-order valence-electron chi connectivity index (χ2n) is 6.84. The highest BCUT2D eigenvalue weighted by Crippen LogP contribution is 2.41. The smallest absolute Gasteiger partial charge is 0.355 e. The highest BCUT2D eigenvalue weighted by atomic mass is 35.5. The lowest BCUT2D eigenvalue weighted by atomic mass is 10.0. The van der Waals surface area contributed by atoms with Crippen molar-refractivity contribution in [3.8, 4) is 6.07 Å². The summed E-state index contributed by atoms with van der Waals surface area (Å²) in [5, 5.41) is 9.32. The number of pyridine rings is 2. The molecule has 0 amide bonds. The summed E-state index contributed by atoms with van der Waals surface area (Å²) in [6.45, 7) is 2.34. The molecule has 0 saturated carbocycles. The standard InChI is InChI=1S/C18H15ClF3N5/c19-15-4-11(5-23)6-25-17(15)27-9-12-7-26(8-13(12)10-27)16-14(18(20,21)22)2-1-3-24-16/h1-4,6,12-13H,7-10H2. The van der Waals surface area contributed by atoms with E-state index in [2.05, 4.69) is 9.97 Å². The predicted molar refractivity (Wildman–Crippen MR) is 94.6 cm³/mol. The molecule has 27 heavy (non-hydrogen) atoms. The molecule has 0 aromatic carbocycles. The zero-order chi connectivity index (χ0) is 19.2. The van der Waals surface area contributed by atoms with E-state index in [0.29, 0.717) is 42.6 Å². The molecule has 140 valence electrons. The minimum atomic E-state index is -4.42. The Morgan fingerprint density at radius 3 is 2.26 bits per heavy atom. The molecule has 5 nitrogen and oxygen atoms in total. The van der Waals surface area contributed by atoms with Gasteiger partial charge in [0, 0.05) is 50.4 Å². The van der Waals surface area contributed by atoms with Crippen LogP contribution in [0.3, 0.4) is 0 Å². The summed E-state index contributed by atoms with van der Waals surface area (Å²) >= 11 is 6.24. The van der Waals surface area contributed by atoms with Crippen molar-refractivity contribution >= 4 is 23.2 Å². The van der Waals surface area contributed by atoms with Gasteiger partial charge in [0.25, 0.3) is 0 Å². The Bertz CT molecular complexity index is 897. The predicted octanol–water partition coefficient (Wildman–Crippen LogP) is 3.59. The Balaban J connectivity index is 1.51. The van der Waals surface area contributed by atoms with Crippen molar-refractivity contribution in [2.75, 3.05) is 36.0 Å². The van der Waals surface area contributed by atoms with Gasteiger partial charge in [0.15, 0.2) is 0 Å². The van der Waals surface area contributed by atoms with Gasteiger partial charge in [0.1, 0.15) is 17.7 Å². The molecule has 2 aliphatic heterocycles. The molecule has 0 bridgehead atoms. The van der Waals surface area contributed by atoms with Crippen LogP contribution in [0.5, 0.6) is 0 Å². The number of fused-ring (bicyclic) bond motifs is 1. The second-order valence-corrected chi connectivity index (χ2v) is 7.25. The third-order valence-corrected chi connectivity index (χ3v) is 5.41. The van der Waals surface area contributed by atoms with E-state index < -0.39 is 11.7 Å². The minimum Gasteiger partial charge on any atom is -0.355 e. The SMILES string of the molecule is N#Cc1cnc(N2CC3CN(c4ncccc4C(F)(F)F)CC3C2)c(Cl)c1. The van der Waals surface area contributed by atoms with Crippen LogP contribution in [0, 0.1) is 23.2 Å². The van der Waals surface area contributed by atoms with Crippen LogP contribution in [0.25, 0.3) is 0 Å².